The second-order valence-corrected chi connectivity index (χ2v) is 12.3. The lowest BCUT2D eigenvalue weighted by molar-refractivity contribution is 1.07. The Labute approximate surface area is 290 Å². The summed E-state index contributed by atoms with van der Waals surface area (Å²) in [6, 6.07) is 59.2. The molecule has 2 heterocycles. The van der Waals surface area contributed by atoms with E-state index < -0.39 is 0 Å². The zero-order chi connectivity index (χ0) is 33.3. The van der Waals surface area contributed by atoms with Gasteiger partial charge >= 0.3 is 0 Å². The molecule has 7 aromatic carbocycles. The molecule has 0 unspecified atom stereocenters. The summed E-state index contributed by atoms with van der Waals surface area (Å²) < 4.78 is 0. The minimum Gasteiger partial charge on any atom is -0.265 e. The Morgan fingerprint density at radius 3 is 1.48 bits per heavy atom. The molecule has 4 nitrogen and oxygen atoms in total. The molecule has 0 fully saturated rings. The van der Waals surface area contributed by atoms with Gasteiger partial charge in [-0.15, -0.1) is 0 Å². The van der Waals surface area contributed by atoms with Crippen molar-refractivity contribution in [1.29, 1.82) is 0 Å². The van der Waals surface area contributed by atoms with Gasteiger partial charge in [0.2, 0.25) is 0 Å². The van der Waals surface area contributed by atoms with Crippen LogP contribution in [0.5, 0.6) is 0 Å². The predicted molar refractivity (Wildman–Crippen MR) is 205 cm³/mol. The molecule has 0 spiro atoms. The third-order valence-corrected chi connectivity index (χ3v) is 9.24. The fourth-order valence-electron chi connectivity index (χ4n) is 6.86. The monoisotopic (exact) mass is 638 g/mol. The third-order valence-electron chi connectivity index (χ3n) is 9.24. The Morgan fingerprint density at radius 2 is 0.800 bits per heavy atom. The van der Waals surface area contributed by atoms with Gasteiger partial charge in [-0.2, -0.15) is 0 Å². The molecule has 0 N–H and O–H groups in total. The Hall–Kier alpha value is -6.78. The zero-order valence-electron chi connectivity index (χ0n) is 27.1. The van der Waals surface area contributed by atoms with Crippen LogP contribution < -0.4 is 0 Å². The Kier molecular flexibility index (Phi) is 7.45. The van der Waals surface area contributed by atoms with Crippen LogP contribution in [0.15, 0.2) is 182 Å². The molecule has 0 atom stereocenters. The standard InChI is InChI=1S/C46H30N4/c1-3-13-32(14-4-1)44-48-45(33-15-5-2-6-16-33)50-46(49-44)35-23-24-41(38-20-10-9-18-36(38)31-25-27-47-28-26-31)43(30-35)42-29-34-17-7-8-19-37(34)39-21-11-12-22-40(39)42/h1-30H. The first-order valence-corrected chi connectivity index (χ1v) is 16.7. The van der Waals surface area contributed by atoms with Crippen molar-refractivity contribution in [3.8, 4) is 67.5 Å². The first kappa shape index (κ1) is 29.4. The summed E-state index contributed by atoms with van der Waals surface area (Å²) in [6.45, 7) is 0. The van der Waals surface area contributed by atoms with Crippen molar-refractivity contribution in [3.05, 3.63) is 182 Å². The highest BCUT2D eigenvalue weighted by Gasteiger charge is 2.19. The molecule has 234 valence electrons. The van der Waals surface area contributed by atoms with Gasteiger partial charge in [-0.1, -0.05) is 146 Å². The largest absolute Gasteiger partial charge is 0.265 e. The molecular formula is C46H30N4. The Bertz CT molecular complexity index is 2580. The van der Waals surface area contributed by atoms with Crippen molar-refractivity contribution >= 4 is 21.5 Å². The van der Waals surface area contributed by atoms with E-state index in [4.69, 9.17) is 15.0 Å². The maximum Gasteiger partial charge on any atom is 0.164 e. The number of hydrogen-bond acceptors (Lipinski definition) is 4. The number of benzene rings is 7. The normalized spacial score (nSPS) is 11.2. The number of pyridine rings is 1. The fraction of sp³-hybridized carbons (Fsp3) is 0. The van der Waals surface area contributed by atoms with E-state index in [9.17, 15) is 0 Å². The average molecular weight is 639 g/mol. The first-order chi connectivity index (χ1) is 24.8. The van der Waals surface area contributed by atoms with Gasteiger partial charge in [0.25, 0.3) is 0 Å². The van der Waals surface area contributed by atoms with Crippen molar-refractivity contribution < 1.29 is 0 Å². The molecular weight excluding hydrogens is 609 g/mol. The maximum atomic E-state index is 5.08. The summed E-state index contributed by atoms with van der Waals surface area (Å²) in [5.41, 5.74) is 9.59. The van der Waals surface area contributed by atoms with Gasteiger partial charge in [0.15, 0.2) is 17.5 Å². The molecule has 0 radical (unpaired) electrons. The van der Waals surface area contributed by atoms with Gasteiger partial charge in [0.1, 0.15) is 0 Å². The van der Waals surface area contributed by atoms with Crippen LogP contribution in [-0.2, 0) is 0 Å². The van der Waals surface area contributed by atoms with Crippen LogP contribution in [0.4, 0.5) is 0 Å². The van der Waals surface area contributed by atoms with E-state index in [2.05, 4.69) is 114 Å². The molecule has 0 aliphatic rings. The second kappa shape index (κ2) is 12.7. The highest BCUT2D eigenvalue weighted by molar-refractivity contribution is 6.15. The van der Waals surface area contributed by atoms with E-state index in [0.717, 1.165) is 50.1 Å². The van der Waals surface area contributed by atoms with E-state index in [-0.39, 0.29) is 0 Å². The van der Waals surface area contributed by atoms with Gasteiger partial charge in [0.05, 0.1) is 0 Å². The number of hydrogen-bond donors (Lipinski definition) is 0. The molecule has 0 aliphatic heterocycles. The lowest BCUT2D eigenvalue weighted by atomic mass is 9.85. The molecule has 0 saturated carbocycles. The van der Waals surface area contributed by atoms with Crippen LogP contribution >= 0.6 is 0 Å². The van der Waals surface area contributed by atoms with Crippen LogP contribution in [0, 0.1) is 0 Å². The van der Waals surface area contributed by atoms with E-state index in [1.807, 2.05) is 73.1 Å². The van der Waals surface area contributed by atoms with E-state index >= 15 is 0 Å². The van der Waals surface area contributed by atoms with Crippen LogP contribution in [0.3, 0.4) is 0 Å². The average Bonchev–Trinajstić information content (AvgIpc) is 3.21. The maximum absolute atomic E-state index is 5.08. The topological polar surface area (TPSA) is 51.6 Å². The Balaban J connectivity index is 1.33. The van der Waals surface area contributed by atoms with Crippen molar-refractivity contribution in [1.82, 2.24) is 19.9 Å². The first-order valence-electron chi connectivity index (χ1n) is 16.7. The highest BCUT2D eigenvalue weighted by Crippen LogP contribution is 2.43. The van der Waals surface area contributed by atoms with Gasteiger partial charge in [0, 0.05) is 29.1 Å². The predicted octanol–water partition coefficient (Wildman–Crippen LogP) is 11.6. The molecule has 2 aromatic heterocycles. The minimum atomic E-state index is 0.623. The van der Waals surface area contributed by atoms with Crippen LogP contribution in [-0.4, -0.2) is 19.9 Å². The number of aromatic nitrogens is 4. The SMILES string of the molecule is c1ccc(-c2nc(-c3ccccc3)nc(-c3ccc(-c4ccccc4-c4ccncc4)c(-c4cc5ccccc5c5ccccc45)c3)n2)cc1. The molecule has 0 saturated heterocycles. The summed E-state index contributed by atoms with van der Waals surface area (Å²) in [6.07, 6.45) is 3.70. The summed E-state index contributed by atoms with van der Waals surface area (Å²) in [5.74, 6) is 1.90. The molecule has 0 amide bonds. The summed E-state index contributed by atoms with van der Waals surface area (Å²) in [4.78, 5) is 19.4. The van der Waals surface area contributed by atoms with Crippen LogP contribution in [0.25, 0.3) is 89.1 Å². The highest BCUT2D eigenvalue weighted by atomic mass is 15.0. The van der Waals surface area contributed by atoms with Gasteiger partial charge in [-0.25, -0.2) is 15.0 Å². The van der Waals surface area contributed by atoms with Gasteiger partial charge in [-0.3, -0.25) is 4.98 Å². The molecule has 4 heteroatoms. The van der Waals surface area contributed by atoms with Gasteiger partial charge in [-0.05, 0) is 79.2 Å². The third kappa shape index (κ3) is 5.39. The quantitative estimate of drug-likeness (QED) is 0.170. The number of rotatable bonds is 6. The van der Waals surface area contributed by atoms with E-state index in [1.54, 1.807) is 0 Å². The van der Waals surface area contributed by atoms with E-state index in [0.29, 0.717) is 17.5 Å². The molecule has 0 aliphatic carbocycles. The van der Waals surface area contributed by atoms with Crippen molar-refractivity contribution in [3.63, 3.8) is 0 Å². The van der Waals surface area contributed by atoms with Crippen molar-refractivity contribution in [2.45, 2.75) is 0 Å². The second-order valence-electron chi connectivity index (χ2n) is 12.3. The molecule has 0 bridgehead atoms. The molecule has 50 heavy (non-hydrogen) atoms. The number of fused-ring (bicyclic) bond motifs is 3. The summed E-state index contributed by atoms with van der Waals surface area (Å²) in [7, 11) is 0. The lowest BCUT2D eigenvalue weighted by Crippen LogP contribution is -2.00. The minimum absolute atomic E-state index is 0.623. The summed E-state index contributed by atoms with van der Waals surface area (Å²) in [5, 5.41) is 4.84. The zero-order valence-corrected chi connectivity index (χ0v) is 27.1. The van der Waals surface area contributed by atoms with Crippen LogP contribution in [0.1, 0.15) is 0 Å². The van der Waals surface area contributed by atoms with Crippen LogP contribution in [0.2, 0.25) is 0 Å². The fourth-order valence-corrected chi connectivity index (χ4v) is 6.86. The lowest BCUT2D eigenvalue weighted by Gasteiger charge is -2.18. The number of nitrogens with zero attached hydrogens (tertiary/aromatic N) is 4. The van der Waals surface area contributed by atoms with E-state index in [1.165, 1.54) is 21.5 Å². The molecule has 9 aromatic rings. The Morgan fingerprint density at radius 1 is 0.280 bits per heavy atom. The van der Waals surface area contributed by atoms with Crippen molar-refractivity contribution in [2.75, 3.05) is 0 Å². The smallest absolute Gasteiger partial charge is 0.164 e. The van der Waals surface area contributed by atoms with Crippen molar-refractivity contribution in [2.24, 2.45) is 0 Å². The summed E-state index contributed by atoms with van der Waals surface area (Å²) >= 11 is 0. The van der Waals surface area contributed by atoms with Gasteiger partial charge < -0.3 is 0 Å². The molecule has 9 rings (SSSR count).